The molecule has 0 radical (unpaired) electrons. The van der Waals surface area contributed by atoms with Gasteiger partial charge in [-0.1, -0.05) is 31.5 Å². The van der Waals surface area contributed by atoms with Gasteiger partial charge in [0.1, 0.15) is 11.4 Å². The molecule has 3 heteroatoms. The number of fused-ring (bicyclic) bond motifs is 1. The highest BCUT2D eigenvalue weighted by molar-refractivity contribution is 8.00. The second-order valence-electron chi connectivity index (χ2n) is 5.97. The van der Waals surface area contributed by atoms with E-state index in [4.69, 9.17) is 4.74 Å². The van der Waals surface area contributed by atoms with Gasteiger partial charge in [0, 0.05) is 29.0 Å². The molecule has 1 fully saturated rings. The Kier molecular flexibility index (Phi) is 3.52. The molecule has 0 aliphatic carbocycles. The molecule has 2 aliphatic heterocycles. The average Bonchev–Trinajstić information content (AvgIpc) is 2.72. The van der Waals surface area contributed by atoms with Crippen LogP contribution in [0.3, 0.4) is 0 Å². The van der Waals surface area contributed by atoms with Crippen LogP contribution in [-0.2, 0) is 0 Å². The van der Waals surface area contributed by atoms with Gasteiger partial charge in [0.15, 0.2) is 0 Å². The highest BCUT2D eigenvalue weighted by atomic mass is 32.2. The molecule has 1 aromatic rings. The molecule has 2 aliphatic rings. The number of hydrogen-bond donors (Lipinski definition) is 1. The number of thioether (sulfide) groups is 1. The summed E-state index contributed by atoms with van der Waals surface area (Å²) in [5.41, 5.74) is 2.71. The predicted octanol–water partition coefficient (Wildman–Crippen LogP) is 3.69. The summed E-state index contributed by atoms with van der Waals surface area (Å²) in [6.45, 7) is 7.66. The molecule has 2 nitrogen and oxygen atoms in total. The second-order valence-corrected chi connectivity index (χ2v) is 7.39. The molecular formula is C16H23NOS. The minimum Gasteiger partial charge on any atom is -0.486 e. The molecular weight excluding hydrogens is 254 g/mol. The number of benzene rings is 1. The predicted molar refractivity (Wildman–Crippen MR) is 82.1 cm³/mol. The van der Waals surface area contributed by atoms with Crippen LogP contribution in [0.25, 0.3) is 0 Å². The minimum atomic E-state index is 0.0547. The topological polar surface area (TPSA) is 21.3 Å². The van der Waals surface area contributed by atoms with Gasteiger partial charge in [0.25, 0.3) is 0 Å². The highest BCUT2D eigenvalue weighted by Crippen LogP contribution is 2.48. The van der Waals surface area contributed by atoms with E-state index in [0.29, 0.717) is 11.3 Å². The minimum absolute atomic E-state index is 0.0547. The summed E-state index contributed by atoms with van der Waals surface area (Å²) in [6, 6.07) is 7.04. The summed E-state index contributed by atoms with van der Waals surface area (Å²) < 4.78 is 6.42. The molecule has 3 rings (SSSR count). The Balaban J connectivity index is 1.95. The van der Waals surface area contributed by atoms with Crippen molar-refractivity contribution in [3.05, 3.63) is 29.3 Å². The Hall–Kier alpha value is -0.670. The van der Waals surface area contributed by atoms with Crippen LogP contribution >= 0.6 is 11.8 Å². The maximum absolute atomic E-state index is 6.42. The van der Waals surface area contributed by atoms with Crippen LogP contribution in [-0.4, -0.2) is 23.1 Å². The number of hydrogen-bond acceptors (Lipinski definition) is 3. The van der Waals surface area contributed by atoms with E-state index in [-0.39, 0.29) is 5.60 Å². The summed E-state index contributed by atoms with van der Waals surface area (Å²) >= 11 is 2.05. The lowest BCUT2D eigenvalue weighted by molar-refractivity contribution is 0.0516. The van der Waals surface area contributed by atoms with Crippen LogP contribution in [0.4, 0.5) is 0 Å². The maximum atomic E-state index is 6.42. The number of aryl methyl sites for hydroxylation is 1. The Morgan fingerprint density at radius 1 is 1.42 bits per heavy atom. The Labute approximate surface area is 120 Å². The van der Waals surface area contributed by atoms with Crippen LogP contribution in [0.1, 0.15) is 43.9 Å². The molecule has 1 aromatic carbocycles. The summed E-state index contributed by atoms with van der Waals surface area (Å²) in [7, 11) is 0. The monoisotopic (exact) mass is 277 g/mol. The van der Waals surface area contributed by atoms with Crippen molar-refractivity contribution < 1.29 is 4.74 Å². The number of ether oxygens (including phenoxy) is 1. The number of rotatable bonds is 2. The van der Waals surface area contributed by atoms with Gasteiger partial charge in [0.2, 0.25) is 0 Å². The van der Waals surface area contributed by atoms with Crippen molar-refractivity contribution in [2.45, 2.75) is 50.5 Å². The Morgan fingerprint density at radius 3 is 2.95 bits per heavy atom. The lowest BCUT2D eigenvalue weighted by atomic mass is 9.85. The summed E-state index contributed by atoms with van der Waals surface area (Å²) in [6.07, 6.45) is 2.28. The molecule has 2 heterocycles. The zero-order chi connectivity index (χ0) is 13.5. The Bertz CT molecular complexity index is 476. The normalized spacial score (nSPS) is 33.2. The molecule has 0 saturated carbocycles. The van der Waals surface area contributed by atoms with Crippen molar-refractivity contribution in [3.8, 4) is 5.75 Å². The first-order chi connectivity index (χ1) is 9.12. The van der Waals surface area contributed by atoms with Crippen LogP contribution in [0.15, 0.2) is 18.2 Å². The molecule has 0 bridgehead atoms. The largest absolute Gasteiger partial charge is 0.486 e. The van der Waals surface area contributed by atoms with E-state index in [1.807, 2.05) is 11.8 Å². The van der Waals surface area contributed by atoms with E-state index in [0.717, 1.165) is 24.5 Å². The molecule has 1 N–H and O–H groups in total. The first-order valence-corrected chi connectivity index (χ1v) is 8.31. The van der Waals surface area contributed by atoms with E-state index in [1.165, 1.54) is 17.5 Å². The molecule has 3 unspecified atom stereocenters. The fraction of sp³-hybridized carbons (Fsp3) is 0.625. The quantitative estimate of drug-likeness (QED) is 0.891. The van der Waals surface area contributed by atoms with Gasteiger partial charge >= 0.3 is 0 Å². The van der Waals surface area contributed by atoms with E-state index in [2.05, 4.69) is 44.3 Å². The lowest BCUT2D eigenvalue weighted by Gasteiger charge is -2.40. The van der Waals surface area contributed by atoms with Gasteiger partial charge in [-0.25, -0.2) is 0 Å². The van der Waals surface area contributed by atoms with Gasteiger partial charge < -0.3 is 10.1 Å². The average molecular weight is 277 g/mol. The van der Waals surface area contributed by atoms with Gasteiger partial charge in [-0.15, -0.1) is 0 Å². The first-order valence-electron chi connectivity index (χ1n) is 7.26. The second kappa shape index (κ2) is 5.02. The molecule has 3 atom stereocenters. The van der Waals surface area contributed by atoms with Crippen molar-refractivity contribution in [1.82, 2.24) is 5.32 Å². The zero-order valence-corrected chi connectivity index (χ0v) is 12.8. The van der Waals surface area contributed by atoms with E-state index in [1.54, 1.807) is 0 Å². The lowest BCUT2D eigenvalue weighted by Crippen LogP contribution is -2.44. The van der Waals surface area contributed by atoms with Gasteiger partial charge in [0.05, 0.1) is 0 Å². The fourth-order valence-electron chi connectivity index (χ4n) is 3.37. The molecule has 0 amide bonds. The van der Waals surface area contributed by atoms with E-state index >= 15 is 0 Å². The maximum Gasteiger partial charge on any atom is 0.124 e. The van der Waals surface area contributed by atoms with Gasteiger partial charge in [-0.05, 0) is 26.0 Å². The number of nitrogens with one attached hydrogen (secondary N) is 1. The summed E-state index contributed by atoms with van der Waals surface area (Å²) in [4.78, 5) is 0. The van der Waals surface area contributed by atoms with Gasteiger partial charge in [-0.3, -0.25) is 0 Å². The Morgan fingerprint density at radius 2 is 2.26 bits per heavy atom. The third-order valence-corrected chi connectivity index (χ3v) is 5.61. The standard InChI is InChI=1S/C16H23NOS/c1-4-17-14-9-16(8-12(3)19-10-16)18-15-6-5-11(2)7-13(14)15/h5-7,12,14,17H,4,8-10H2,1-3H3. The van der Waals surface area contributed by atoms with Crippen LogP contribution in [0.5, 0.6) is 5.75 Å². The molecule has 1 spiro atoms. The third-order valence-electron chi connectivity index (χ3n) is 4.18. The molecule has 0 aromatic heterocycles. The zero-order valence-electron chi connectivity index (χ0n) is 12.0. The van der Waals surface area contributed by atoms with E-state index < -0.39 is 0 Å². The summed E-state index contributed by atoms with van der Waals surface area (Å²) in [5, 5.41) is 4.36. The fourth-order valence-corrected chi connectivity index (χ4v) is 4.67. The van der Waals surface area contributed by atoms with Crippen molar-refractivity contribution in [3.63, 3.8) is 0 Å². The smallest absolute Gasteiger partial charge is 0.124 e. The van der Waals surface area contributed by atoms with Crippen molar-refractivity contribution >= 4 is 11.8 Å². The SMILES string of the molecule is CCNC1CC2(CSC(C)C2)Oc2ccc(C)cc21. The first kappa shape index (κ1) is 13.3. The summed E-state index contributed by atoms with van der Waals surface area (Å²) in [5.74, 6) is 2.22. The van der Waals surface area contributed by atoms with Crippen LogP contribution in [0, 0.1) is 6.92 Å². The van der Waals surface area contributed by atoms with Crippen molar-refractivity contribution in [2.75, 3.05) is 12.3 Å². The van der Waals surface area contributed by atoms with Crippen molar-refractivity contribution in [2.24, 2.45) is 0 Å². The third kappa shape index (κ3) is 2.50. The molecule has 19 heavy (non-hydrogen) atoms. The van der Waals surface area contributed by atoms with Gasteiger partial charge in [-0.2, -0.15) is 11.8 Å². The van der Waals surface area contributed by atoms with E-state index in [9.17, 15) is 0 Å². The highest BCUT2D eigenvalue weighted by Gasteiger charge is 2.45. The van der Waals surface area contributed by atoms with Crippen LogP contribution < -0.4 is 10.1 Å². The molecule has 104 valence electrons. The van der Waals surface area contributed by atoms with Crippen LogP contribution in [0.2, 0.25) is 0 Å². The van der Waals surface area contributed by atoms with Crippen molar-refractivity contribution in [1.29, 1.82) is 0 Å². The molecule has 1 saturated heterocycles.